The molecule has 2 aromatic carbocycles. The van der Waals surface area contributed by atoms with Gasteiger partial charge in [-0.2, -0.15) is 23.7 Å². The minimum atomic E-state index is -4.70. The fraction of sp³-hybridized carbons (Fsp3) is 0.0625. The van der Waals surface area contributed by atoms with Gasteiger partial charge < -0.3 is 0 Å². The van der Waals surface area contributed by atoms with Crippen molar-refractivity contribution in [2.75, 3.05) is 5.43 Å². The highest BCUT2D eigenvalue weighted by Gasteiger charge is 2.34. The van der Waals surface area contributed by atoms with E-state index in [1.54, 1.807) is 6.07 Å². The normalized spacial score (nSPS) is 10.5. The van der Waals surface area contributed by atoms with E-state index in [4.69, 9.17) is 10.5 Å². The van der Waals surface area contributed by atoms with Gasteiger partial charge >= 0.3 is 6.18 Å². The number of carbonyl (C=O) groups is 1. The van der Waals surface area contributed by atoms with Gasteiger partial charge in [0.25, 0.3) is 5.91 Å². The molecule has 0 aliphatic heterocycles. The molecule has 0 fully saturated rings. The molecule has 0 saturated carbocycles. The molecule has 1 amide bonds. The summed E-state index contributed by atoms with van der Waals surface area (Å²) in [7, 11) is 0. The van der Waals surface area contributed by atoms with Gasteiger partial charge in [-0.25, -0.2) is 0 Å². The van der Waals surface area contributed by atoms with Crippen LogP contribution in [0.1, 0.15) is 27.0 Å². The maximum Gasteiger partial charge on any atom is 0.418 e. The second-order valence-corrected chi connectivity index (χ2v) is 5.61. The first-order chi connectivity index (χ1) is 11.8. The molecule has 0 heterocycles. The van der Waals surface area contributed by atoms with Gasteiger partial charge in [-0.15, -0.1) is 0 Å². The zero-order chi connectivity index (χ0) is 18.6. The molecule has 0 saturated heterocycles. The Morgan fingerprint density at radius 3 is 2.36 bits per heavy atom. The number of amides is 1. The second kappa shape index (κ2) is 7.24. The highest BCUT2D eigenvalue weighted by atomic mass is 79.9. The van der Waals surface area contributed by atoms with E-state index in [1.165, 1.54) is 24.3 Å². The van der Waals surface area contributed by atoms with Crippen molar-refractivity contribution in [2.45, 2.75) is 6.18 Å². The topological polar surface area (TPSA) is 88.7 Å². The Bertz CT molecular complexity index is 913. The summed E-state index contributed by atoms with van der Waals surface area (Å²) in [5.41, 5.74) is 3.19. The Labute approximate surface area is 148 Å². The third-order valence-electron chi connectivity index (χ3n) is 3.12. The van der Waals surface area contributed by atoms with Gasteiger partial charge in [-0.05, 0) is 52.3 Å². The van der Waals surface area contributed by atoms with Gasteiger partial charge in [0, 0.05) is 10.0 Å². The third kappa shape index (κ3) is 4.28. The van der Waals surface area contributed by atoms with Crippen LogP contribution in [-0.4, -0.2) is 5.91 Å². The number of hydrogen-bond donors (Lipinski definition) is 2. The highest BCUT2D eigenvalue weighted by Crippen LogP contribution is 2.35. The molecule has 0 atom stereocenters. The molecule has 0 unspecified atom stereocenters. The Kier molecular flexibility index (Phi) is 5.30. The van der Waals surface area contributed by atoms with Crippen LogP contribution in [0.2, 0.25) is 0 Å². The first-order valence-corrected chi connectivity index (χ1v) is 7.43. The van der Waals surface area contributed by atoms with E-state index in [-0.39, 0.29) is 11.1 Å². The van der Waals surface area contributed by atoms with Crippen molar-refractivity contribution >= 4 is 27.5 Å². The lowest BCUT2D eigenvalue weighted by Gasteiger charge is -2.15. The smallest absolute Gasteiger partial charge is 0.298 e. The molecule has 126 valence electrons. The van der Waals surface area contributed by atoms with E-state index in [9.17, 15) is 18.0 Å². The number of nitriles is 2. The molecule has 0 aromatic heterocycles. The van der Waals surface area contributed by atoms with Crippen molar-refractivity contribution in [2.24, 2.45) is 0 Å². The van der Waals surface area contributed by atoms with E-state index in [0.717, 1.165) is 6.07 Å². The molecule has 2 N–H and O–H groups in total. The SMILES string of the molecule is N#Cc1ccc(NNC(=O)c2ccc(C#N)c(Br)c2)c(C(F)(F)F)c1. The molecule has 0 aliphatic carbocycles. The number of rotatable bonds is 3. The van der Waals surface area contributed by atoms with Crippen molar-refractivity contribution in [1.29, 1.82) is 10.5 Å². The van der Waals surface area contributed by atoms with Crippen molar-refractivity contribution in [3.05, 3.63) is 63.1 Å². The summed E-state index contributed by atoms with van der Waals surface area (Å²) in [6, 6.07) is 10.6. The fourth-order valence-electron chi connectivity index (χ4n) is 1.90. The predicted octanol–water partition coefficient (Wildman–Crippen LogP) is 3.97. The third-order valence-corrected chi connectivity index (χ3v) is 3.77. The summed E-state index contributed by atoms with van der Waals surface area (Å²) in [4.78, 5) is 12.0. The maximum atomic E-state index is 13.0. The number of benzene rings is 2. The van der Waals surface area contributed by atoms with Crippen LogP contribution in [0.25, 0.3) is 0 Å². The number of nitrogens with zero attached hydrogens (tertiary/aromatic N) is 2. The zero-order valence-corrected chi connectivity index (χ0v) is 13.9. The number of nitrogens with one attached hydrogen (secondary N) is 2. The number of anilines is 1. The van der Waals surface area contributed by atoms with Crippen LogP contribution in [0.15, 0.2) is 40.9 Å². The van der Waals surface area contributed by atoms with Crippen molar-refractivity contribution in [3.8, 4) is 12.1 Å². The Hall–Kier alpha value is -3.04. The number of halogens is 4. The van der Waals surface area contributed by atoms with Crippen LogP contribution in [0, 0.1) is 22.7 Å². The van der Waals surface area contributed by atoms with Crippen LogP contribution < -0.4 is 10.9 Å². The molecule has 25 heavy (non-hydrogen) atoms. The van der Waals surface area contributed by atoms with Gasteiger partial charge in [-0.3, -0.25) is 15.6 Å². The monoisotopic (exact) mass is 408 g/mol. The lowest BCUT2D eigenvalue weighted by molar-refractivity contribution is -0.137. The summed E-state index contributed by atoms with van der Waals surface area (Å²) in [6.07, 6.45) is -4.70. The first kappa shape index (κ1) is 18.3. The van der Waals surface area contributed by atoms with E-state index in [1.807, 2.05) is 6.07 Å². The van der Waals surface area contributed by atoms with Gasteiger partial charge in [0.1, 0.15) is 6.07 Å². The summed E-state index contributed by atoms with van der Waals surface area (Å²) in [6.45, 7) is 0. The molecule has 9 heteroatoms. The van der Waals surface area contributed by atoms with Gasteiger partial charge in [0.2, 0.25) is 0 Å². The molecule has 2 aromatic rings. The fourth-order valence-corrected chi connectivity index (χ4v) is 2.37. The molecule has 0 spiro atoms. The zero-order valence-electron chi connectivity index (χ0n) is 12.3. The van der Waals surface area contributed by atoms with Crippen LogP contribution in [0.4, 0.5) is 18.9 Å². The van der Waals surface area contributed by atoms with E-state index in [2.05, 4.69) is 26.8 Å². The molecule has 0 bridgehead atoms. The first-order valence-electron chi connectivity index (χ1n) is 6.63. The average molecular weight is 409 g/mol. The summed E-state index contributed by atoms with van der Waals surface area (Å²) in [5, 5.41) is 17.5. The van der Waals surface area contributed by atoms with Gasteiger partial charge in [0.15, 0.2) is 0 Å². The molecule has 2 rings (SSSR count). The summed E-state index contributed by atoms with van der Waals surface area (Å²) >= 11 is 3.12. The van der Waals surface area contributed by atoms with E-state index >= 15 is 0 Å². The second-order valence-electron chi connectivity index (χ2n) is 4.76. The van der Waals surface area contributed by atoms with E-state index < -0.39 is 23.3 Å². The molecule has 5 nitrogen and oxygen atoms in total. The summed E-state index contributed by atoms with van der Waals surface area (Å²) < 4.78 is 39.5. The van der Waals surface area contributed by atoms with Crippen LogP contribution in [0.5, 0.6) is 0 Å². The number of alkyl halides is 3. The highest BCUT2D eigenvalue weighted by molar-refractivity contribution is 9.10. The lowest BCUT2D eigenvalue weighted by atomic mass is 10.1. The van der Waals surface area contributed by atoms with Crippen LogP contribution >= 0.6 is 15.9 Å². The standard InChI is InChI=1S/C16H8BrF3N4O/c17-13-6-10(2-3-11(13)8-22)15(25)24-23-14-4-1-9(7-21)5-12(14)16(18,19)20/h1-6,23H,(H,24,25). The van der Waals surface area contributed by atoms with E-state index in [0.29, 0.717) is 16.1 Å². The number of hydrazine groups is 1. The maximum absolute atomic E-state index is 13.0. The van der Waals surface area contributed by atoms with Gasteiger partial charge in [-0.1, -0.05) is 0 Å². The molecule has 0 radical (unpaired) electrons. The van der Waals surface area contributed by atoms with Crippen molar-refractivity contribution in [3.63, 3.8) is 0 Å². The van der Waals surface area contributed by atoms with Crippen molar-refractivity contribution < 1.29 is 18.0 Å². The number of hydrogen-bond acceptors (Lipinski definition) is 4. The summed E-state index contributed by atoms with van der Waals surface area (Å²) in [5.74, 6) is -0.692. The molecular weight excluding hydrogens is 401 g/mol. The quantitative estimate of drug-likeness (QED) is 0.751. The average Bonchev–Trinajstić information content (AvgIpc) is 2.58. The minimum Gasteiger partial charge on any atom is -0.298 e. The van der Waals surface area contributed by atoms with Gasteiger partial charge in [0.05, 0.1) is 28.4 Å². The van der Waals surface area contributed by atoms with Crippen molar-refractivity contribution in [1.82, 2.24) is 5.43 Å². The Balaban J connectivity index is 2.21. The minimum absolute atomic E-state index is 0.139. The largest absolute Gasteiger partial charge is 0.418 e. The van der Waals surface area contributed by atoms with Crippen LogP contribution in [0.3, 0.4) is 0 Å². The predicted molar refractivity (Wildman–Crippen MR) is 86.1 cm³/mol. The number of carbonyl (C=O) groups excluding carboxylic acids is 1. The molecular formula is C16H8BrF3N4O. The molecule has 0 aliphatic rings. The van der Waals surface area contributed by atoms with Crippen LogP contribution in [-0.2, 0) is 6.18 Å². The Morgan fingerprint density at radius 2 is 1.80 bits per heavy atom. The lowest BCUT2D eigenvalue weighted by Crippen LogP contribution is -2.30. The Morgan fingerprint density at radius 1 is 1.08 bits per heavy atom.